The Labute approximate surface area is 189 Å². The molecule has 1 amide bonds. The zero-order chi connectivity index (χ0) is 24.8. The molecule has 33 heavy (non-hydrogen) atoms. The number of nitrogens with one attached hydrogen (secondary N) is 1. The maximum absolute atomic E-state index is 14.0. The van der Waals surface area contributed by atoms with Crippen LogP contribution in [0.15, 0.2) is 42.5 Å². The Morgan fingerprint density at radius 1 is 0.970 bits per heavy atom. The van der Waals surface area contributed by atoms with Crippen LogP contribution < -0.4 is 5.32 Å². The molecule has 3 N–H and O–H groups in total. The van der Waals surface area contributed by atoms with Gasteiger partial charge in [-0.2, -0.15) is 13.2 Å². The zero-order valence-corrected chi connectivity index (χ0v) is 19.0. The van der Waals surface area contributed by atoms with E-state index in [1.165, 1.54) is 32.9 Å². The van der Waals surface area contributed by atoms with Crippen molar-refractivity contribution in [2.45, 2.75) is 64.0 Å². The molecular weight excluding hydrogens is 437 g/mol. The number of hydrogen-bond donors (Lipinski definition) is 3. The van der Waals surface area contributed by atoms with Crippen LogP contribution >= 0.6 is 0 Å². The maximum atomic E-state index is 14.0. The molecule has 10 heteroatoms. The summed E-state index contributed by atoms with van der Waals surface area (Å²) in [5, 5.41) is 23.4. The molecule has 0 spiro atoms. The fourth-order valence-electron chi connectivity index (χ4n) is 3.42. The first-order valence-corrected chi connectivity index (χ1v) is 10.3. The van der Waals surface area contributed by atoms with Crippen LogP contribution in [0.3, 0.4) is 0 Å². The lowest BCUT2D eigenvalue weighted by Gasteiger charge is -2.31. The molecule has 3 aromatic rings. The Hall–Kier alpha value is -2.98. The van der Waals surface area contributed by atoms with Gasteiger partial charge < -0.3 is 10.2 Å². The predicted molar refractivity (Wildman–Crippen MR) is 117 cm³/mol. The molecule has 0 radical (unpaired) electrons. The summed E-state index contributed by atoms with van der Waals surface area (Å²) in [7, 11) is 0. The number of halogens is 3. The molecule has 1 atom stereocenters. The summed E-state index contributed by atoms with van der Waals surface area (Å²) >= 11 is 0. The van der Waals surface area contributed by atoms with Gasteiger partial charge in [0.05, 0.1) is 17.7 Å². The highest BCUT2D eigenvalue weighted by atomic mass is 19.4. The van der Waals surface area contributed by atoms with Gasteiger partial charge in [-0.3, -0.25) is 14.7 Å². The van der Waals surface area contributed by atoms with Crippen LogP contribution in [0, 0.1) is 0 Å². The summed E-state index contributed by atoms with van der Waals surface area (Å²) in [6, 6.07) is 11.4. The molecule has 7 nitrogen and oxygen atoms in total. The lowest BCUT2D eigenvalue weighted by atomic mass is 9.92. The van der Waals surface area contributed by atoms with E-state index in [9.17, 15) is 28.2 Å². The van der Waals surface area contributed by atoms with E-state index in [0.717, 1.165) is 18.4 Å². The SMILES string of the molecule is CC(C)(O)c1ccc2nc(NC(=O)CC(C)(O)c3ccccc3)n(C(C)(C)C(F)(F)F)c2n1. The van der Waals surface area contributed by atoms with E-state index < -0.39 is 35.2 Å². The number of aliphatic hydroxyl groups is 2. The molecule has 0 aliphatic heterocycles. The van der Waals surface area contributed by atoms with Gasteiger partial charge in [0.25, 0.3) is 0 Å². The van der Waals surface area contributed by atoms with E-state index in [-0.39, 0.29) is 22.8 Å². The van der Waals surface area contributed by atoms with Gasteiger partial charge in [0.15, 0.2) is 5.65 Å². The average Bonchev–Trinajstić information content (AvgIpc) is 3.04. The van der Waals surface area contributed by atoms with Crippen LogP contribution in [0.2, 0.25) is 0 Å². The second-order valence-electron chi connectivity index (χ2n) is 9.29. The summed E-state index contributed by atoms with van der Waals surface area (Å²) in [6.07, 6.45) is -5.11. The summed E-state index contributed by atoms with van der Waals surface area (Å²) in [6.45, 7) is 6.27. The molecule has 0 aliphatic carbocycles. The van der Waals surface area contributed by atoms with Crippen LogP contribution in [0.5, 0.6) is 0 Å². The van der Waals surface area contributed by atoms with Gasteiger partial charge in [0, 0.05) is 0 Å². The molecule has 2 aromatic heterocycles. The molecule has 3 rings (SSSR count). The van der Waals surface area contributed by atoms with E-state index in [1.54, 1.807) is 30.3 Å². The molecule has 1 unspecified atom stereocenters. The smallest absolute Gasteiger partial charge is 0.385 e. The zero-order valence-electron chi connectivity index (χ0n) is 19.0. The highest BCUT2D eigenvalue weighted by Crippen LogP contribution is 2.40. The van der Waals surface area contributed by atoms with Crippen molar-refractivity contribution in [3.8, 4) is 0 Å². The number of alkyl halides is 3. The normalized spacial score (nSPS) is 14.8. The molecule has 0 aliphatic rings. The summed E-state index contributed by atoms with van der Waals surface area (Å²) < 4.78 is 42.8. The molecule has 178 valence electrons. The average molecular weight is 464 g/mol. The standard InChI is InChI=1S/C23H27F3N4O3/c1-20(2,32)16-12-11-15-18(28-16)30(21(3,4)23(24,25)26)19(27-15)29-17(31)13-22(5,33)14-9-7-6-8-10-14/h6-12,32-33H,13H2,1-5H3,(H,27,29,31). The van der Waals surface area contributed by atoms with Gasteiger partial charge in [-0.15, -0.1) is 0 Å². The van der Waals surface area contributed by atoms with Gasteiger partial charge in [0.2, 0.25) is 11.9 Å². The Morgan fingerprint density at radius 3 is 2.12 bits per heavy atom. The van der Waals surface area contributed by atoms with E-state index in [1.807, 2.05) is 0 Å². The van der Waals surface area contributed by atoms with Crippen LogP contribution in [0.4, 0.5) is 19.1 Å². The fraction of sp³-hybridized carbons (Fsp3) is 0.435. The number of benzene rings is 1. The number of pyridine rings is 1. The number of hydrogen-bond acceptors (Lipinski definition) is 5. The number of fused-ring (bicyclic) bond motifs is 1. The highest BCUT2D eigenvalue weighted by molar-refractivity contribution is 5.92. The second kappa shape index (κ2) is 8.11. The number of anilines is 1. The van der Waals surface area contributed by atoms with Gasteiger partial charge >= 0.3 is 6.18 Å². The van der Waals surface area contributed by atoms with Crippen molar-refractivity contribution in [2.75, 3.05) is 5.32 Å². The predicted octanol–water partition coefficient (Wildman–Crippen LogP) is 4.19. The fourth-order valence-corrected chi connectivity index (χ4v) is 3.42. The molecular formula is C23H27F3N4O3. The Morgan fingerprint density at radius 2 is 1.58 bits per heavy atom. The van der Waals surface area contributed by atoms with Crippen molar-refractivity contribution in [2.24, 2.45) is 0 Å². The highest BCUT2D eigenvalue weighted by Gasteiger charge is 2.51. The van der Waals surface area contributed by atoms with E-state index >= 15 is 0 Å². The molecule has 0 saturated heterocycles. The monoisotopic (exact) mass is 464 g/mol. The lowest BCUT2D eigenvalue weighted by molar-refractivity contribution is -0.201. The number of imidazole rings is 1. The third kappa shape index (κ3) is 4.86. The van der Waals surface area contributed by atoms with Crippen LogP contribution in [-0.4, -0.2) is 36.8 Å². The molecule has 1 aromatic carbocycles. The number of carbonyl (C=O) groups is 1. The Balaban J connectivity index is 2.07. The Bertz CT molecular complexity index is 1160. The topological polar surface area (TPSA) is 100 Å². The van der Waals surface area contributed by atoms with Crippen molar-refractivity contribution in [1.29, 1.82) is 0 Å². The van der Waals surface area contributed by atoms with Crippen molar-refractivity contribution in [3.63, 3.8) is 0 Å². The van der Waals surface area contributed by atoms with Gasteiger partial charge in [-0.1, -0.05) is 30.3 Å². The first-order valence-electron chi connectivity index (χ1n) is 10.3. The minimum absolute atomic E-state index is 0.116. The maximum Gasteiger partial charge on any atom is 0.411 e. The van der Waals surface area contributed by atoms with Gasteiger partial charge in [-0.05, 0) is 52.3 Å². The van der Waals surface area contributed by atoms with Gasteiger partial charge in [-0.25, -0.2) is 9.97 Å². The van der Waals surface area contributed by atoms with Crippen LogP contribution in [-0.2, 0) is 21.5 Å². The number of carbonyl (C=O) groups excluding carboxylic acids is 1. The second-order valence-corrected chi connectivity index (χ2v) is 9.29. The lowest BCUT2D eigenvalue weighted by Crippen LogP contribution is -2.43. The summed E-state index contributed by atoms with van der Waals surface area (Å²) in [5.74, 6) is -1.08. The minimum Gasteiger partial charge on any atom is -0.385 e. The largest absolute Gasteiger partial charge is 0.411 e. The minimum atomic E-state index is -4.71. The third-order valence-electron chi connectivity index (χ3n) is 5.54. The summed E-state index contributed by atoms with van der Waals surface area (Å²) in [4.78, 5) is 21.2. The van der Waals surface area contributed by atoms with Crippen LogP contribution in [0.25, 0.3) is 11.2 Å². The molecule has 2 heterocycles. The molecule has 0 bridgehead atoms. The third-order valence-corrected chi connectivity index (χ3v) is 5.54. The van der Waals surface area contributed by atoms with E-state index in [4.69, 9.17) is 0 Å². The van der Waals surface area contributed by atoms with Crippen molar-refractivity contribution >= 4 is 23.0 Å². The first-order chi connectivity index (χ1) is 15.0. The van der Waals surface area contributed by atoms with Crippen molar-refractivity contribution < 1.29 is 28.2 Å². The molecule has 0 saturated carbocycles. The number of aromatic nitrogens is 3. The van der Waals surface area contributed by atoms with Gasteiger partial charge in [0.1, 0.15) is 16.7 Å². The van der Waals surface area contributed by atoms with Crippen molar-refractivity contribution in [3.05, 3.63) is 53.7 Å². The summed E-state index contributed by atoms with van der Waals surface area (Å²) in [5.41, 5.74) is -4.82. The first kappa shape index (κ1) is 24.7. The number of amides is 1. The quantitative estimate of drug-likeness (QED) is 0.508. The van der Waals surface area contributed by atoms with Crippen LogP contribution in [0.1, 0.15) is 52.3 Å². The van der Waals surface area contributed by atoms with E-state index in [0.29, 0.717) is 5.56 Å². The molecule has 0 fully saturated rings. The van der Waals surface area contributed by atoms with Crippen molar-refractivity contribution in [1.82, 2.24) is 14.5 Å². The van der Waals surface area contributed by atoms with E-state index in [2.05, 4.69) is 15.3 Å². The number of rotatable bonds is 6. The number of nitrogens with zero attached hydrogens (tertiary/aromatic N) is 3. The Kier molecular flexibility index (Phi) is 6.06.